The largest absolute Gasteiger partial charge is 1.00 e. The molecule has 0 saturated heterocycles. The number of hydrogen-bond acceptors (Lipinski definition) is 11. The van der Waals surface area contributed by atoms with E-state index in [1.807, 2.05) is 76.2 Å². The number of aryl methyl sites for hydroxylation is 5. The fraction of sp³-hybridized carbons (Fsp3) is 0.100. The van der Waals surface area contributed by atoms with Crippen LogP contribution in [0.15, 0.2) is 230 Å². The third-order valence-corrected chi connectivity index (χ3v) is 11.3. The Labute approximate surface area is 514 Å². The van der Waals surface area contributed by atoms with Gasteiger partial charge in [0.25, 0.3) is 0 Å². The van der Waals surface area contributed by atoms with E-state index in [-0.39, 0.29) is 87.7 Å². The molecule has 11 rings (SSSR count). The zero-order valence-corrected chi connectivity index (χ0v) is 50.3. The van der Waals surface area contributed by atoms with Gasteiger partial charge >= 0.3 is 93.9 Å². The zero-order valence-electron chi connectivity index (χ0n) is 46.3. The Morgan fingerprint density at radius 2 is 0.756 bits per heavy atom. The van der Waals surface area contributed by atoms with Gasteiger partial charge in [-0.1, -0.05) is 142 Å². The first-order valence-electron chi connectivity index (χ1n) is 24.4. The minimum atomic E-state index is -0.642. The number of anilines is 1. The first-order valence-corrected chi connectivity index (χ1v) is 24.4. The summed E-state index contributed by atoms with van der Waals surface area (Å²) in [4.78, 5) is 71.9. The number of aromatic nitrogens is 6. The number of carbonyl (C=O) groups excluding carboxylic acids is 2. The molecule has 20 nitrogen and oxygen atoms in total. The minimum absolute atomic E-state index is 0. The summed E-state index contributed by atoms with van der Waals surface area (Å²) in [6.45, 7) is 9.67. The second-order valence-corrected chi connectivity index (χ2v) is 17.5. The first kappa shape index (κ1) is 65.5. The number of phenols is 3. The molecule has 2 aromatic heterocycles. The summed E-state index contributed by atoms with van der Waals surface area (Å²) >= 11 is 0. The Kier molecular flexibility index (Phi) is 25.3. The number of aromatic amines is 2. The van der Waals surface area contributed by atoms with E-state index in [1.54, 1.807) is 147 Å². The Morgan fingerprint density at radius 3 is 1.10 bits per heavy atom. The standard InChI is InChI=1S/2C15H13N3O3.C8H5N3O2.C8H10O.2C7H8O.2Na/c2*1-10-7-8-13(19)12(9-10)18-15(21)17(14(20)16-18)11-5-3-2-4-6-11;12-7-9-10-8(13)11(7)6-4-2-1-3-5-6;1-7-3-5-8(9-2)6-4-7;2*1-6-2-4-7(8)5-3-6;;/h2*2-9,19H,1H3,(H,16,20);1-5H;3-6H,1-2H3;2*2-5,8H,1H3;;/q;;;;;;2*+1/p-1. The molecule has 0 atom stereocenters. The molecule has 0 radical (unpaired) electrons. The molecule has 10 aromatic rings. The molecule has 0 bridgehead atoms. The number of benzene rings is 8. The van der Waals surface area contributed by atoms with E-state index in [0.29, 0.717) is 22.8 Å². The monoisotopic (exact) mass is 1120 g/mol. The third kappa shape index (κ3) is 18.3. The molecule has 408 valence electrons. The number of amides is 4. The Hall–Kier alpha value is -9.02. The summed E-state index contributed by atoms with van der Waals surface area (Å²) in [5, 5.41) is 50.1. The maximum absolute atomic E-state index is 12.4. The summed E-state index contributed by atoms with van der Waals surface area (Å²) in [7, 11) is 1.67. The number of nitrogens with zero attached hydrogens (tertiary/aromatic N) is 7. The number of H-pyrrole nitrogens is 2. The van der Waals surface area contributed by atoms with E-state index in [2.05, 4.69) is 27.3 Å². The van der Waals surface area contributed by atoms with Crippen molar-refractivity contribution in [3.05, 3.63) is 270 Å². The quantitative estimate of drug-likeness (QED) is 0.150. The number of azo groups is 1. The molecule has 1 aliphatic rings. The zero-order chi connectivity index (χ0) is 57.9. The van der Waals surface area contributed by atoms with E-state index < -0.39 is 34.8 Å². The van der Waals surface area contributed by atoms with Gasteiger partial charge in [-0.15, -0.1) is 5.75 Å². The van der Waals surface area contributed by atoms with Crippen molar-refractivity contribution in [2.45, 2.75) is 34.6 Å². The van der Waals surface area contributed by atoms with Crippen LogP contribution >= 0.6 is 0 Å². The van der Waals surface area contributed by atoms with Gasteiger partial charge in [0.15, 0.2) is 0 Å². The van der Waals surface area contributed by atoms with Crippen LogP contribution in [-0.2, 0) is 0 Å². The van der Waals surface area contributed by atoms with Crippen molar-refractivity contribution in [2.75, 3.05) is 12.0 Å². The average Bonchev–Trinajstić information content (AvgIpc) is 4.24. The number of para-hydroxylation sites is 3. The summed E-state index contributed by atoms with van der Waals surface area (Å²) in [6.07, 6.45) is 0. The topological polar surface area (TPSA) is 275 Å². The van der Waals surface area contributed by atoms with Crippen LogP contribution in [0, 0.1) is 34.6 Å². The number of rotatable bonds is 6. The van der Waals surface area contributed by atoms with Gasteiger partial charge in [-0.05, 0) is 131 Å². The summed E-state index contributed by atoms with van der Waals surface area (Å²) in [6, 6.07) is 55.9. The predicted octanol–water partition coefficient (Wildman–Crippen LogP) is 3.64. The molecule has 0 saturated carbocycles. The number of aromatic hydroxyl groups is 3. The molecule has 22 heteroatoms. The maximum atomic E-state index is 12.4. The number of urea groups is 2. The molecule has 0 aliphatic carbocycles. The van der Waals surface area contributed by atoms with Crippen molar-refractivity contribution in [3.8, 4) is 51.5 Å². The Morgan fingerprint density at radius 1 is 0.427 bits per heavy atom. The van der Waals surface area contributed by atoms with Gasteiger partial charge in [0.05, 0.1) is 24.2 Å². The normalized spacial score (nSPS) is 10.7. The predicted molar refractivity (Wildman–Crippen MR) is 303 cm³/mol. The third-order valence-electron chi connectivity index (χ3n) is 11.3. The molecule has 0 spiro atoms. The number of hydrogen-bond donors (Lipinski definition) is 5. The number of imide groups is 1. The fourth-order valence-corrected chi connectivity index (χ4v) is 7.13. The number of carbonyl (C=O) groups is 2. The van der Waals surface area contributed by atoms with Gasteiger partial charge in [0.2, 0.25) is 0 Å². The summed E-state index contributed by atoms with van der Waals surface area (Å²) in [5.41, 5.74) is 4.94. The second-order valence-electron chi connectivity index (χ2n) is 17.5. The summed E-state index contributed by atoms with van der Waals surface area (Å²) in [5.74, 6) is 1.17. The van der Waals surface area contributed by atoms with Crippen molar-refractivity contribution in [3.63, 3.8) is 0 Å². The van der Waals surface area contributed by atoms with E-state index in [9.17, 15) is 44.1 Å². The molecule has 0 unspecified atom stereocenters. The summed E-state index contributed by atoms with van der Waals surface area (Å²) < 4.78 is 9.08. The van der Waals surface area contributed by atoms with E-state index in [4.69, 9.17) is 9.84 Å². The van der Waals surface area contributed by atoms with Gasteiger partial charge in [0, 0.05) is 0 Å². The van der Waals surface area contributed by atoms with Gasteiger partial charge in [0.1, 0.15) is 34.4 Å². The molecule has 0 fully saturated rings. The molecule has 5 N–H and O–H groups in total. The molecule has 1 aliphatic heterocycles. The van der Waals surface area contributed by atoms with Crippen molar-refractivity contribution in [1.29, 1.82) is 0 Å². The number of phenolic OH excluding ortho intramolecular Hbond substituents is 3. The Bertz CT molecular complexity index is 3680. The van der Waals surface area contributed by atoms with Crippen molar-refractivity contribution >= 4 is 17.7 Å². The molecule has 8 aromatic carbocycles. The smallest absolute Gasteiger partial charge is 0.872 e. The SMILES string of the molecule is COc1ccc(C)cc1.Cc1ccc(O)c(-n2[nH]c(=O)n(-c3ccccc3)c2=O)c1.Cc1ccc(O)c(-n2[nH]c(=O)n(-c3ccccc3)c2=O)c1.Cc1ccc(O)cc1.Cc1ccc([O-])cc1.O=C1N=NC(=O)N1c1ccccc1.[Na+].[Na+]. The fourth-order valence-electron chi connectivity index (χ4n) is 7.13. The Balaban J connectivity index is 0.000000220. The van der Waals surface area contributed by atoms with Gasteiger partial charge < -0.3 is 25.2 Å². The van der Waals surface area contributed by atoms with Gasteiger partial charge in [-0.25, -0.2) is 53.0 Å². The van der Waals surface area contributed by atoms with Crippen LogP contribution in [-0.4, -0.2) is 63.2 Å². The minimum Gasteiger partial charge on any atom is -0.872 e. The van der Waals surface area contributed by atoms with Gasteiger partial charge in [-0.2, -0.15) is 9.36 Å². The molecular weight excluding hydrogens is 1070 g/mol. The van der Waals surface area contributed by atoms with Crippen LogP contribution < -0.4 is 96.6 Å². The van der Waals surface area contributed by atoms with Crippen molar-refractivity contribution in [2.24, 2.45) is 10.2 Å². The first-order chi connectivity index (χ1) is 38.3. The van der Waals surface area contributed by atoms with Crippen LogP contribution in [0.4, 0.5) is 15.3 Å². The van der Waals surface area contributed by atoms with Crippen LogP contribution in [0.25, 0.3) is 22.7 Å². The number of ether oxygens (including phenoxy) is 1. The van der Waals surface area contributed by atoms with Crippen molar-refractivity contribution < 1.29 is 93.9 Å². The molecule has 4 amide bonds. The molecule has 82 heavy (non-hydrogen) atoms. The van der Waals surface area contributed by atoms with Gasteiger partial charge in [-0.3, -0.25) is 0 Å². The van der Waals surface area contributed by atoms with E-state index in [1.165, 1.54) is 23.3 Å². The number of methoxy groups -OCH3 is 1. The molecular formula is C60H56N9Na2O11+. The van der Waals surface area contributed by atoms with Crippen LogP contribution in [0.1, 0.15) is 27.8 Å². The van der Waals surface area contributed by atoms with Crippen LogP contribution in [0.3, 0.4) is 0 Å². The second kappa shape index (κ2) is 31.7. The van der Waals surface area contributed by atoms with Crippen molar-refractivity contribution in [1.82, 2.24) is 28.7 Å². The molecule has 3 heterocycles. The van der Waals surface area contributed by atoms with E-state index >= 15 is 0 Å². The van der Waals surface area contributed by atoms with Crippen LogP contribution in [0.5, 0.6) is 28.7 Å². The van der Waals surface area contributed by atoms with Crippen LogP contribution in [0.2, 0.25) is 0 Å². The average molecular weight is 1130 g/mol. The maximum Gasteiger partial charge on any atom is 1.00 e. The van der Waals surface area contributed by atoms with E-state index in [0.717, 1.165) is 45.8 Å². The number of nitrogens with one attached hydrogen (secondary N) is 2.